The smallest absolute Gasteiger partial charge is 0.361 e. The third-order valence-electron chi connectivity index (χ3n) is 11.4. The van der Waals surface area contributed by atoms with Gasteiger partial charge in [0.25, 0.3) is 6.29 Å². The van der Waals surface area contributed by atoms with Crippen molar-refractivity contribution in [2.45, 2.75) is 225 Å². The third kappa shape index (κ3) is 50.3. The van der Waals surface area contributed by atoms with Crippen molar-refractivity contribution in [3.63, 3.8) is 0 Å². The number of esters is 2. The zero-order chi connectivity index (χ0) is 49.9. The summed E-state index contributed by atoms with van der Waals surface area (Å²) in [5.74, 6) is -2.03. The minimum Gasteiger partial charge on any atom is -0.477 e. The Hall–Kier alpha value is -3.53. The molecule has 68 heavy (non-hydrogen) atoms. The molecular formula is C59H102NO8+. The second-order valence-electron chi connectivity index (χ2n) is 19.2. The normalized spacial score (nSPS) is 13.5. The fourth-order valence-electron chi connectivity index (χ4n) is 7.19. The first-order chi connectivity index (χ1) is 33.1. The molecule has 0 rings (SSSR count). The van der Waals surface area contributed by atoms with Crippen LogP contribution in [0.15, 0.2) is 85.1 Å². The number of aliphatic carboxylic acids is 1. The number of nitrogens with zero attached hydrogens (tertiary/aromatic N) is 1. The van der Waals surface area contributed by atoms with Crippen molar-refractivity contribution in [2.75, 3.05) is 47.5 Å². The van der Waals surface area contributed by atoms with Gasteiger partial charge in [0.05, 0.1) is 34.4 Å². The number of allylic oxidation sites excluding steroid dienone is 14. The van der Waals surface area contributed by atoms with Crippen LogP contribution in [0.5, 0.6) is 0 Å². The summed E-state index contributed by atoms with van der Waals surface area (Å²) in [5, 5.41) is 9.69. The van der Waals surface area contributed by atoms with Gasteiger partial charge in [-0.25, -0.2) is 4.79 Å². The maximum absolute atomic E-state index is 12.9. The van der Waals surface area contributed by atoms with Gasteiger partial charge in [-0.1, -0.05) is 195 Å². The molecule has 0 aliphatic rings. The van der Waals surface area contributed by atoms with Gasteiger partial charge >= 0.3 is 17.9 Å². The molecule has 0 heterocycles. The Kier molecular flexibility index (Phi) is 47.3. The van der Waals surface area contributed by atoms with Crippen LogP contribution in [0.4, 0.5) is 0 Å². The third-order valence-corrected chi connectivity index (χ3v) is 11.4. The van der Waals surface area contributed by atoms with E-state index in [2.05, 4.69) is 98.9 Å². The molecule has 0 saturated heterocycles. The second kappa shape index (κ2) is 49.9. The molecule has 0 radical (unpaired) electrons. The highest BCUT2D eigenvalue weighted by atomic mass is 16.7. The van der Waals surface area contributed by atoms with Crippen molar-refractivity contribution in [3.8, 4) is 0 Å². The standard InChI is InChI=1S/C59H101NO8/c1-6-8-10-12-14-16-18-20-22-24-26-27-28-29-30-31-32-34-36-38-40-42-44-46-48-50-57(62)68-55(54-67-59(58(63)64)65-52-51-60(3,4)5)53-66-56(61)49-47-45-43-41-39-37-35-33-25-23-21-19-17-15-13-11-9-7-2/h8,10,14,16-17,19-20,22-23,25-27,29-30,55,59H,6-7,9,11-13,15,18,21,24,28,31-54H2,1-5H3/p+1/b10-8-,16-14-,19-17-,22-20-,25-23-,27-26-,30-29-. The molecule has 0 aliphatic carbocycles. The molecule has 0 spiro atoms. The lowest BCUT2D eigenvalue weighted by molar-refractivity contribution is -0.870. The summed E-state index contributed by atoms with van der Waals surface area (Å²) in [7, 11) is 5.95. The van der Waals surface area contributed by atoms with E-state index < -0.39 is 24.3 Å². The number of hydrogen-bond donors (Lipinski definition) is 1. The van der Waals surface area contributed by atoms with E-state index in [1.165, 1.54) is 83.5 Å². The molecule has 0 aromatic rings. The van der Waals surface area contributed by atoms with Gasteiger partial charge in [0, 0.05) is 12.8 Å². The monoisotopic (exact) mass is 953 g/mol. The molecular weight excluding hydrogens is 851 g/mol. The second-order valence-corrected chi connectivity index (χ2v) is 19.2. The van der Waals surface area contributed by atoms with E-state index >= 15 is 0 Å². The maximum Gasteiger partial charge on any atom is 0.361 e. The largest absolute Gasteiger partial charge is 0.477 e. The SMILES string of the molecule is CC/C=C\C/C=C\C/C=C\C/C=C\C/C=C\CCCCCCCCCCCC(=O)OC(COC(=O)CCCCCCCCC/C=C\C/C=C\CCCCCC)COC(OCC[N+](C)(C)C)C(=O)O. The van der Waals surface area contributed by atoms with E-state index in [1.807, 2.05) is 21.1 Å². The lowest BCUT2D eigenvalue weighted by Gasteiger charge is -2.25. The molecule has 9 heteroatoms. The molecule has 1 N–H and O–H groups in total. The number of likely N-dealkylation sites (N-methyl/N-ethyl adjacent to an activating group) is 1. The first-order valence-electron chi connectivity index (χ1n) is 27.3. The number of ether oxygens (including phenoxy) is 4. The van der Waals surface area contributed by atoms with Gasteiger partial charge in [-0.15, -0.1) is 0 Å². The average Bonchev–Trinajstić information content (AvgIpc) is 3.30. The van der Waals surface area contributed by atoms with E-state index in [1.54, 1.807) is 0 Å². The fourth-order valence-corrected chi connectivity index (χ4v) is 7.19. The minimum atomic E-state index is -1.52. The van der Waals surface area contributed by atoms with Crippen LogP contribution in [0.1, 0.15) is 213 Å². The van der Waals surface area contributed by atoms with Gasteiger partial charge in [0.2, 0.25) is 0 Å². The van der Waals surface area contributed by atoms with Crippen molar-refractivity contribution >= 4 is 17.9 Å². The van der Waals surface area contributed by atoms with Crippen LogP contribution in [-0.4, -0.2) is 87.4 Å². The van der Waals surface area contributed by atoms with Gasteiger partial charge < -0.3 is 28.5 Å². The number of carboxylic acids is 1. The van der Waals surface area contributed by atoms with Crippen LogP contribution in [0, 0.1) is 0 Å². The number of carbonyl (C=O) groups excluding carboxylic acids is 2. The first kappa shape index (κ1) is 64.5. The van der Waals surface area contributed by atoms with Gasteiger partial charge in [0.1, 0.15) is 13.2 Å². The highest BCUT2D eigenvalue weighted by Gasteiger charge is 2.25. The summed E-state index contributed by atoms with van der Waals surface area (Å²) >= 11 is 0. The molecule has 0 amide bonds. The molecule has 2 atom stereocenters. The molecule has 0 bridgehead atoms. The van der Waals surface area contributed by atoms with Crippen molar-refractivity contribution in [1.82, 2.24) is 0 Å². The Morgan fingerprint density at radius 3 is 1.25 bits per heavy atom. The van der Waals surface area contributed by atoms with E-state index in [0.29, 0.717) is 17.4 Å². The van der Waals surface area contributed by atoms with Crippen LogP contribution in [0.2, 0.25) is 0 Å². The van der Waals surface area contributed by atoms with Crippen molar-refractivity contribution in [3.05, 3.63) is 85.1 Å². The predicted molar refractivity (Wildman–Crippen MR) is 286 cm³/mol. The molecule has 0 fully saturated rings. The summed E-state index contributed by atoms with van der Waals surface area (Å²) in [6.07, 6.45) is 62.1. The van der Waals surface area contributed by atoms with Gasteiger partial charge in [-0.3, -0.25) is 9.59 Å². The fraction of sp³-hybridized carbons (Fsp3) is 0.712. The Labute approximate surface area is 417 Å². The maximum atomic E-state index is 12.9. The van der Waals surface area contributed by atoms with Crippen molar-refractivity contribution in [2.24, 2.45) is 0 Å². The Balaban J connectivity index is 4.33. The molecule has 0 aromatic carbocycles. The summed E-state index contributed by atoms with van der Waals surface area (Å²) in [6, 6.07) is 0. The van der Waals surface area contributed by atoms with Gasteiger partial charge in [0.15, 0.2) is 6.10 Å². The summed E-state index contributed by atoms with van der Waals surface area (Å²) in [5.41, 5.74) is 0. The lowest BCUT2D eigenvalue weighted by atomic mass is 10.1. The molecule has 0 saturated carbocycles. The topological polar surface area (TPSA) is 108 Å². The predicted octanol–water partition coefficient (Wildman–Crippen LogP) is 15.6. The average molecular weight is 953 g/mol. The van der Waals surface area contributed by atoms with Crippen molar-refractivity contribution in [1.29, 1.82) is 0 Å². The molecule has 2 unspecified atom stereocenters. The number of carbonyl (C=O) groups is 3. The van der Waals surface area contributed by atoms with Crippen LogP contribution in [0.25, 0.3) is 0 Å². The van der Waals surface area contributed by atoms with Gasteiger partial charge in [-0.2, -0.15) is 0 Å². The molecule has 0 aromatic heterocycles. The van der Waals surface area contributed by atoms with Crippen LogP contribution in [-0.2, 0) is 33.3 Å². The van der Waals surface area contributed by atoms with Crippen LogP contribution < -0.4 is 0 Å². The molecule has 0 aliphatic heterocycles. The Morgan fingerprint density at radius 2 is 0.838 bits per heavy atom. The minimum absolute atomic E-state index is 0.181. The Bertz CT molecular complexity index is 1390. The lowest BCUT2D eigenvalue weighted by Crippen LogP contribution is -2.40. The van der Waals surface area contributed by atoms with Crippen LogP contribution >= 0.6 is 0 Å². The quantitative estimate of drug-likeness (QED) is 0.0211. The zero-order valence-corrected chi connectivity index (χ0v) is 44.2. The Morgan fingerprint density at radius 1 is 0.456 bits per heavy atom. The summed E-state index contributed by atoms with van der Waals surface area (Å²) < 4.78 is 22.8. The number of hydrogen-bond acceptors (Lipinski definition) is 7. The highest BCUT2D eigenvalue weighted by Crippen LogP contribution is 2.14. The van der Waals surface area contributed by atoms with Gasteiger partial charge in [-0.05, 0) is 89.9 Å². The van der Waals surface area contributed by atoms with E-state index in [4.69, 9.17) is 18.9 Å². The first-order valence-corrected chi connectivity index (χ1v) is 27.3. The number of rotatable bonds is 49. The molecule has 390 valence electrons. The number of unbranched alkanes of at least 4 members (excludes halogenated alkanes) is 20. The van der Waals surface area contributed by atoms with E-state index in [9.17, 15) is 19.5 Å². The van der Waals surface area contributed by atoms with E-state index in [0.717, 1.165) is 96.3 Å². The number of quaternary nitrogens is 1. The van der Waals surface area contributed by atoms with Crippen LogP contribution in [0.3, 0.4) is 0 Å². The summed E-state index contributed by atoms with van der Waals surface area (Å²) in [4.78, 5) is 37.4. The highest BCUT2D eigenvalue weighted by molar-refractivity contribution is 5.71. The number of carboxylic acid groups (broad SMARTS) is 1. The summed E-state index contributed by atoms with van der Waals surface area (Å²) in [6.45, 7) is 4.73. The zero-order valence-electron chi connectivity index (χ0n) is 44.2. The molecule has 9 nitrogen and oxygen atoms in total. The van der Waals surface area contributed by atoms with E-state index in [-0.39, 0.29) is 38.6 Å². The van der Waals surface area contributed by atoms with Crippen molar-refractivity contribution < 1.29 is 42.9 Å².